The second-order valence-corrected chi connectivity index (χ2v) is 33.3. The van der Waals surface area contributed by atoms with Crippen LogP contribution >= 0.6 is 0 Å². The van der Waals surface area contributed by atoms with Crippen molar-refractivity contribution in [3.05, 3.63) is 280 Å². The third kappa shape index (κ3) is 9.12. The van der Waals surface area contributed by atoms with Crippen molar-refractivity contribution >= 4 is 60.9 Å². The summed E-state index contributed by atoms with van der Waals surface area (Å²) in [5, 5.41) is 4.75. The molecule has 0 fully saturated rings. The first kappa shape index (κ1) is 63.9. The van der Waals surface area contributed by atoms with E-state index < -0.39 is 0 Å². The molecule has 103 heavy (non-hydrogen) atoms. The minimum absolute atomic E-state index is 0.0331. The lowest BCUT2D eigenvalue weighted by Gasteiger charge is -2.33. The highest BCUT2D eigenvalue weighted by molar-refractivity contribution is 6.22. The van der Waals surface area contributed by atoms with E-state index in [1.165, 1.54) is 216 Å². The Bertz CT molecular complexity index is 5870. The van der Waals surface area contributed by atoms with E-state index in [4.69, 9.17) is 8.83 Å². The molecule has 2 aromatic heterocycles. The molecule has 12 aromatic carbocycles. The van der Waals surface area contributed by atoms with Crippen molar-refractivity contribution < 1.29 is 8.83 Å². The first-order chi connectivity index (χ1) is 49.9. The Morgan fingerprint density at radius 2 is 0.748 bits per heavy atom. The summed E-state index contributed by atoms with van der Waals surface area (Å²) >= 11 is 0. The van der Waals surface area contributed by atoms with E-state index >= 15 is 0 Å². The topological polar surface area (TPSA) is 29.5 Å². The Morgan fingerprint density at radius 1 is 0.311 bits per heavy atom. The van der Waals surface area contributed by atoms with Gasteiger partial charge in [0.05, 0.1) is 0 Å². The standard InChI is InChI=1S/C100H93NO2/c1-12-14-16-18-30-52-100(53-31-19-17-15-13-2)77-38-26-21-33-66(77)69-48-43-62(55-82(69)100)61-42-47-67-68-49-44-63(56-79(68)96(4,5)78(67)54-61)75-59-83-87(89-73-35-23-28-40-85(73)102-94(75)89)71-50-45-64(57-80(71)97(83,6)7)101(84-39-27-20-32-60(84)3)65-46-51-72-81(58-65)99(10,11)93-91(72)95-90(74-36-24-29-41-86(74)103-95)88-70-34-22-25-37-76(70)98(8,9)92(88)93/h20-29,32-51,54-59H,12-19,30-31,52-53H2,1-11H3. The fourth-order valence-electron chi connectivity index (χ4n) is 20.8. The van der Waals surface area contributed by atoms with Crippen molar-refractivity contribution in [2.75, 3.05) is 4.90 Å². The molecule has 0 radical (unpaired) electrons. The van der Waals surface area contributed by atoms with Gasteiger partial charge in [-0.05, 0) is 214 Å². The molecule has 14 aromatic rings. The number of rotatable bonds is 17. The van der Waals surface area contributed by atoms with Gasteiger partial charge < -0.3 is 13.7 Å². The van der Waals surface area contributed by atoms with Crippen molar-refractivity contribution in [1.82, 2.24) is 0 Å². The average molecular weight is 1340 g/mol. The number of hydrogen-bond acceptors (Lipinski definition) is 3. The molecule has 0 saturated carbocycles. The summed E-state index contributed by atoms with van der Waals surface area (Å²) in [7, 11) is 0. The third-order valence-corrected chi connectivity index (χ3v) is 26.0. The van der Waals surface area contributed by atoms with Crippen LogP contribution in [-0.4, -0.2) is 0 Å². The van der Waals surface area contributed by atoms with Gasteiger partial charge >= 0.3 is 0 Å². The maximum Gasteiger partial charge on any atom is 0.144 e. The van der Waals surface area contributed by atoms with E-state index in [-0.39, 0.29) is 27.1 Å². The zero-order chi connectivity index (χ0) is 70.2. The summed E-state index contributed by atoms with van der Waals surface area (Å²) in [4.78, 5) is 2.53. The molecule has 5 aliphatic carbocycles. The van der Waals surface area contributed by atoms with Crippen LogP contribution in [0.5, 0.6) is 0 Å². The van der Waals surface area contributed by atoms with Gasteiger partial charge in [-0.1, -0.05) is 285 Å². The second kappa shape index (κ2) is 23.3. The molecule has 0 unspecified atom stereocenters. The van der Waals surface area contributed by atoms with Gasteiger partial charge in [-0.15, -0.1) is 0 Å². The molecule has 19 rings (SSSR count). The highest BCUT2D eigenvalue weighted by atomic mass is 16.3. The highest BCUT2D eigenvalue weighted by Crippen LogP contribution is 2.65. The molecule has 3 heteroatoms. The lowest BCUT2D eigenvalue weighted by atomic mass is 9.70. The molecular formula is C100H93NO2. The number of hydrogen-bond donors (Lipinski definition) is 0. The Balaban J connectivity index is 0.699. The van der Waals surface area contributed by atoms with E-state index in [9.17, 15) is 0 Å². The van der Waals surface area contributed by atoms with Gasteiger partial charge in [0.25, 0.3) is 0 Å². The zero-order valence-electron chi connectivity index (χ0n) is 62.0. The number of aryl methyl sites for hydroxylation is 1. The second-order valence-electron chi connectivity index (χ2n) is 33.3. The van der Waals surface area contributed by atoms with Crippen LogP contribution in [0.25, 0.3) is 122 Å². The number of anilines is 3. The van der Waals surface area contributed by atoms with E-state index in [2.05, 4.69) is 299 Å². The van der Waals surface area contributed by atoms with Crippen LogP contribution in [0, 0.1) is 6.92 Å². The van der Waals surface area contributed by atoms with Crippen LogP contribution < -0.4 is 4.90 Å². The van der Waals surface area contributed by atoms with Crippen molar-refractivity contribution in [3.8, 4) is 77.9 Å². The molecular weight excluding hydrogens is 1250 g/mol. The lowest BCUT2D eigenvalue weighted by Crippen LogP contribution is -2.25. The molecule has 0 bridgehead atoms. The van der Waals surface area contributed by atoms with Crippen LogP contribution in [0.1, 0.15) is 207 Å². The number of benzene rings is 12. The SMILES string of the molecule is CCCCCCCC1(CCCCCCC)c2ccccc2-c2ccc(-c3ccc4c(c3)C(C)(C)c3cc(-c5cc6c(c7c5oc5ccccc57)-c5ccc(N(c7ccc8c(c7)C(C)(C)c7c9c(c%10c(oc%11ccccc%11%10)c7-8)-c7ccccc7C9(C)C)c7ccccc7C)cc5C6(C)C)ccc3-4)cc21. The van der Waals surface area contributed by atoms with E-state index in [0.29, 0.717) is 0 Å². The van der Waals surface area contributed by atoms with E-state index in [1.54, 1.807) is 11.1 Å². The van der Waals surface area contributed by atoms with Crippen LogP contribution in [0.15, 0.2) is 227 Å². The van der Waals surface area contributed by atoms with Gasteiger partial charge in [0.2, 0.25) is 0 Å². The smallest absolute Gasteiger partial charge is 0.144 e. The molecule has 0 N–H and O–H groups in total. The van der Waals surface area contributed by atoms with Gasteiger partial charge in [0, 0.05) is 76.8 Å². The monoisotopic (exact) mass is 1340 g/mol. The minimum atomic E-state index is -0.379. The van der Waals surface area contributed by atoms with E-state index in [0.717, 1.165) is 50.3 Å². The van der Waals surface area contributed by atoms with Crippen molar-refractivity contribution in [2.24, 2.45) is 0 Å². The van der Waals surface area contributed by atoms with Crippen LogP contribution in [0.3, 0.4) is 0 Å². The molecule has 0 saturated heterocycles. The fraction of sp³-hybridized carbons (Fsp3) is 0.280. The van der Waals surface area contributed by atoms with Crippen molar-refractivity contribution in [2.45, 2.75) is 180 Å². The molecule has 0 aliphatic heterocycles. The summed E-state index contributed by atoms with van der Waals surface area (Å²) in [6, 6.07) is 84.2. The zero-order valence-corrected chi connectivity index (χ0v) is 62.0. The van der Waals surface area contributed by atoms with Crippen molar-refractivity contribution in [3.63, 3.8) is 0 Å². The molecule has 0 atom stereocenters. The van der Waals surface area contributed by atoms with Crippen LogP contribution in [0.4, 0.5) is 17.1 Å². The number of furan rings is 2. The third-order valence-electron chi connectivity index (χ3n) is 26.0. The van der Waals surface area contributed by atoms with E-state index in [1.807, 2.05) is 0 Å². The van der Waals surface area contributed by atoms with Gasteiger partial charge in [-0.2, -0.15) is 0 Å². The molecule has 2 heterocycles. The summed E-state index contributed by atoms with van der Waals surface area (Å²) in [5.41, 5.74) is 39.4. The molecule has 510 valence electrons. The summed E-state index contributed by atoms with van der Waals surface area (Å²) < 4.78 is 14.4. The Labute approximate surface area is 608 Å². The van der Waals surface area contributed by atoms with Gasteiger partial charge in [0.15, 0.2) is 0 Å². The predicted octanol–water partition coefficient (Wildman–Crippen LogP) is 28.8. The molecule has 3 nitrogen and oxygen atoms in total. The maximum atomic E-state index is 7.23. The maximum absolute atomic E-state index is 7.23. The number of fused-ring (bicyclic) bond motifs is 25. The Hall–Kier alpha value is -9.96. The van der Waals surface area contributed by atoms with Gasteiger partial charge in [-0.3, -0.25) is 0 Å². The predicted molar refractivity (Wildman–Crippen MR) is 435 cm³/mol. The summed E-state index contributed by atoms with van der Waals surface area (Å²) in [6.07, 6.45) is 15.4. The number of para-hydroxylation sites is 3. The first-order valence-electron chi connectivity index (χ1n) is 38.8. The lowest BCUT2D eigenvalue weighted by molar-refractivity contribution is 0.399. The Kier molecular flexibility index (Phi) is 14.4. The van der Waals surface area contributed by atoms with Gasteiger partial charge in [0.1, 0.15) is 22.3 Å². The first-order valence-corrected chi connectivity index (χ1v) is 38.8. The number of nitrogens with zero attached hydrogens (tertiary/aromatic N) is 1. The number of unbranched alkanes of at least 4 members (excludes halogenated alkanes) is 8. The van der Waals surface area contributed by atoms with Crippen LogP contribution in [-0.2, 0) is 27.1 Å². The summed E-state index contributed by atoms with van der Waals surface area (Å²) in [5.74, 6) is 0. The minimum Gasteiger partial charge on any atom is -0.455 e. The summed E-state index contributed by atoms with van der Waals surface area (Å²) in [6.45, 7) is 26.5. The Morgan fingerprint density at radius 3 is 1.39 bits per heavy atom. The largest absolute Gasteiger partial charge is 0.455 e. The normalized spacial score (nSPS) is 15.8. The molecule has 0 spiro atoms. The fourth-order valence-corrected chi connectivity index (χ4v) is 20.8. The van der Waals surface area contributed by atoms with Gasteiger partial charge in [-0.25, -0.2) is 0 Å². The average Bonchev–Trinajstić information content (AvgIpc) is 1.50. The molecule has 5 aliphatic rings. The quantitative estimate of drug-likeness (QED) is 0.0851. The van der Waals surface area contributed by atoms with Crippen LogP contribution in [0.2, 0.25) is 0 Å². The highest BCUT2D eigenvalue weighted by Gasteiger charge is 2.50. The molecule has 0 amide bonds. The van der Waals surface area contributed by atoms with Crippen molar-refractivity contribution in [1.29, 1.82) is 0 Å².